The monoisotopic (exact) mass is 1430 g/mol. The molecule has 4 aromatic carbocycles. The van der Waals surface area contributed by atoms with Crippen molar-refractivity contribution in [3.63, 3.8) is 0 Å². The zero-order valence-corrected chi connectivity index (χ0v) is 71.3. The van der Waals surface area contributed by atoms with Gasteiger partial charge in [0.05, 0.1) is 18.6 Å². The Morgan fingerprint density at radius 3 is 0.812 bits per heavy atom. The fourth-order valence-corrected chi connectivity index (χ4v) is 19.3. The molecule has 0 aromatic heterocycles. The van der Waals surface area contributed by atoms with Crippen LogP contribution < -0.4 is 0 Å². The predicted octanol–water partition coefficient (Wildman–Crippen LogP) is 23.8. The Bertz CT molecular complexity index is 3570. The Labute approximate surface area is 614 Å². The van der Waals surface area contributed by atoms with Crippen LogP contribution in [0.1, 0.15) is 388 Å². The summed E-state index contributed by atoms with van der Waals surface area (Å²) in [7, 11) is -4.94. The van der Waals surface area contributed by atoms with Crippen LogP contribution in [0.5, 0.6) is 0 Å². The Balaban J connectivity index is 1.78. The molecule has 14 heteroatoms. The van der Waals surface area contributed by atoms with Gasteiger partial charge in [-0.3, -0.25) is 36.6 Å². The molecule has 8 heterocycles. The van der Waals surface area contributed by atoms with E-state index in [1.807, 2.05) is 13.8 Å². The van der Waals surface area contributed by atoms with Gasteiger partial charge in [-0.1, -0.05) is 284 Å². The van der Waals surface area contributed by atoms with E-state index < -0.39 is 125 Å². The Kier molecular flexibility index (Phi) is 20.1. The summed E-state index contributed by atoms with van der Waals surface area (Å²) < 4.78 is 83.7. The molecule has 0 saturated carbocycles. The van der Waals surface area contributed by atoms with Crippen LogP contribution in [0.2, 0.25) is 0 Å². The van der Waals surface area contributed by atoms with Crippen molar-refractivity contribution in [2.45, 2.75) is 377 Å². The third kappa shape index (κ3) is 12.0. The van der Waals surface area contributed by atoms with Crippen molar-refractivity contribution < 1.29 is 56.3 Å². The van der Waals surface area contributed by atoms with Gasteiger partial charge in [0.1, 0.15) is 0 Å². The molecule has 8 unspecified atom stereocenters. The summed E-state index contributed by atoms with van der Waals surface area (Å²) in [6.07, 6.45) is 3.52. The minimum Gasteiger partial charge on any atom is -0.396 e. The number of benzene rings is 4. The van der Waals surface area contributed by atoms with Gasteiger partial charge in [-0.15, -0.1) is 0 Å². The minimum atomic E-state index is -2.54. The molecule has 8 aliphatic rings. The Morgan fingerprint density at radius 1 is 0.317 bits per heavy atom. The van der Waals surface area contributed by atoms with Gasteiger partial charge in [-0.25, -0.2) is 0 Å². The number of hydrogen-bond acceptors (Lipinski definition) is 12. The summed E-state index contributed by atoms with van der Waals surface area (Å²) in [5, 5.41) is 25.7. The first-order valence-electron chi connectivity index (χ1n) is 38.3. The van der Waals surface area contributed by atoms with Gasteiger partial charge in [-0.05, 0) is 184 Å². The molecule has 5 bridgehead atoms. The van der Waals surface area contributed by atoms with Crippen LogP contribution in [-0.4, -0.2) is 41.3 Å². The van der Waals surface area contributed by atoms with E-state index in [1.54, 1.807) is 0 Å². The van der Waals surface area contributed by atoms with E-state index in [-0.39, 0.29) is 23.7 Å². The van der Waals surface area contributed by atoms with E-state index in [1.165, 1.54) is 16.7 Å². The topological polar surface area (TPSA) is 133 Å². The smallest absolute Gasteiger partial charge is 0.346 e. The maximum absolute atomic E-state index is 13.6. The molecule has 3 spiro atoms. The molecule has 8 atom stereocenters. The molecule has 4 aromatic rings. The highest BCUT2D eigenvalue weighted by atomic mass is 31.2. The lowest BCUT2D eigenvalue weighted by molar-refractivity contribution is -0.736. The van der Waals surface area contributed by atoms with E-state index in [9.17, 15) is 19.7 Å². The largest absolute Gasteiger partial charge is 0.396 e. The maximum Gasteiger partial charge on any atom is 0.346 e. The van der Waals surface area contributed by atoms with Crippen LogP contribution in [0.4, 0.5) is 0 Å². The highest BCUT2D eigenvalue weighted by Gasteiger charge is 3.05. The third-order valence-corrected chi connectivity index (χ3v) is 26.3. The molecule has 2 N–H and O–H groups in total. The van der Waals surface area contributed by atoms with E-state index >= 15 is 0 Å². The van der Waals surface area contributed by atoms with Crippen molar-refractivity contribution in [2.75, 3.05) is 13.2 Å². The first-order chi connectivity index (χ1) is 45.8. The number of ether oxygens (including phenoxy) is 4. The van der Waals surface area contributed by atoms with E-state index in [2.05, 4.69) is 284 Å². The van der Waals surface area contributed by atoms with Gasteiger partial charge in [0.25, 0.3) is 0 Å². The number of rotatable bonds is 16. The standard InChI is InChI=1S/C87H134O12P2/c1-37-51(5)55-41-59(71(9,10)11)67(60(42-55)72(12,13)14)81(68-61(73(15,16)17)43-56(52(6)38-2)44-62(68)74(18,19)20)84-83(70-65(77(27,28)29)47-58(54(8)40-4)48-66(70)78(30,31)32,94-100-96-86(84,97-100)92-85(80(35,36)50-89)93-87(84)98-101(95-85)99-87)91-82(90-81,79(33,34)49-88)69-63(75(21,22)23)45-57(53(7)39-3)46-64(69)76(24,25)26/h41-48,51-54,88-89H,37-40,49-50H2,1-36H3. The van der Waals surface area contributed by atoms with Crippen molar-refractivity contribution in [3.05, 3.63) is 138 Å². The van der Waals surface area contributed by atoms with E-state index in [0.717, 1.165) is 92.4 Å². The molecule has 0 radical (unpaired) electrons. The van der Waals surface area contributed by atoms with Crippen molar-refractivity contribution in [1.82, 2.24) is 0 Å². The first-order valence-corrected chi connectivity index (χ1v) is 40.5. The van der Waals surface area contributed by atoms with Crippen LogP contribution in [-0.2, 0) is 107 Å². The van der Waals surface area contributed by atoms with E-state index in [4.69, 9.17) is 36.6 Å². The molecule has 8 fully saturated rings. The van der Waals surface area contributed by atoms with Gasteiger partial charge >= 0.3 is 35.1 Å². The zero-order valence-electron chi connectivity index (χ0n) is 69.5. The van der Waals surface area contributed by atoms with E-state index in [0.29, 0.717) is 5.56 Å². The molecule has 0 aliphatic carbocycles. The summed E-state index contributed by atoms with van der Waals surface area (Å²) >= 11 is 0. The molecule has 0 amide bonds. The van der Waals surface area contributed by atoms with Crippen LogP contribution in [0.3, 0.4) is 0 Å². The first kappa shape index (κ1) is 80.8. The van der Waals surface area contributed by atoms with Gasteiger partial charge in [0.2, 0.25) is 17.0 Å². The van der Waals surface area contributed by atoms with Crippen molar-refractivity contribution in [2.24, 2.45) is 16.2 Å². The second kappa shape index (κ2) is 25.2. The lowest BCUT2D eigenvalue weighted by atomic mass is 9.47. The second-order valence-electron chi connectivity index (χ2n) is 41.0. The van der Waals surface area contributed by atoms with Gasteiger partial charge in [-0.2, -0.15) is 0 Å². The molecule has 101 heavy (non-hydrogen) atoms. The quantitative estimate of drug-likeness (QED) is 0.104. The Morgan fingerprint density at radius 2 is 0.564 bits per heavy atom. The molecule has 12 rings (SSSR count). The zero-order chi connectivity index (χ0) is 76.2. The maximum atomic E-state index is 13.6. The van der Waals surface area contributed by atoms with Crippen LogP contribution in [0, 0.1) is 16.2 Å². The molecular weight excluding hydrogens is 1300 g/mol. The fourth-order valence-electron chi connectivity index (χ4n) is 16.7. The van der Waals surface area contributed by atoms with Crippen molar-refractivity contribution in [1.29, 1.82) is 0 Å². The SMILES string of the molecule is CCC(C)c1cc(C(C)(C)C)c(C2(C(C)(C)CO)OC3(c4c(C(C)(C)C)cc(C(C)CC)cc4C(C)(C)C)OP4OC5(O4)OC4(C(C)(C)CO)OP6OC(O6)(O4)C53C(c3c(C(C)(C)C)cc(C(C)CC)cc3C(C)(C)C)(c3c(C(C)(C)C)cc(C(C)CC)cc3C(C)(C)C)O2)c(C(C)(C)C)c1. The number of aliphatic hydroxyl groups excluding tert-OH is 2. The minimum absolute atomic E-state index is 0.109. The summed E-state index contributed by atoms with van der Waals surface area (Å²) in [6.45, 7) is 80.9. The number of hydrogen-bond donors (Lipinski definition) is 2. The normalized spacial score (nSPS) is 30.0. The van der Waals surface area contributed by atoms with Crippen molar-refractivity contribution in [3.8, 4) is 0 Å². The molecule has 564 valence electrons. The lowest BCUT2D eigenvalue weighted by Gasteiger charge is -2.82. The highest BCUT2D eigenvalue weighted by molar-refractivity contribution is 7.43. The summed E-state index contributed by atoms with van der Waals surface area (Å²) in [5.41, 5.74) is 2.34. The predicted molar refractivity (Wildman–Crippen MR) is 411 cm³/mol. The number of aliphatic hydroxyl groups is 2. The fraction of sp³-hybridized carbons (Fsp3) is 0.724. The second-order valence-corrected chi connectivity index (χ2v) is 43.0. The van der Waals surface area contributed by atoms with Crippen molar-refractivity contribution >= 4 is 17.2 Å². The van der Waals surface area contributed by atoms with Gasteiger partial charge in [0.15, 0.2) is 5.60 Å². The van der Waals surface area contributed by atoms with Crippen LogP contribution >= 0.6 is 17.2 Å². The Hall–Kier alpha value is -2.74. The molecule has 12 nitrogen and oxygen atoms in total. The van der Waals surface area contributed by atoms with Crippen LogP contribution in [0.15, 0.2) is 48.5 Å². The summed E-state index contributed by atoms with van der Waals surface area (Å²) in [5.74, 6) is -11.3. The third-order valence-electron chi connectivity index (χ3n) is 23.9. The average Bonchev–Trinajstić information content (AvgIpc) is 0.597. The molecule has 8 saturated heterocycles. The van der Waals surface area contributed by atoms with Gasteiger partial charge < -0.3 is 19.7 Å². The summed E-state index contributed by atoms with van der Waals surface area (Å²) in [6, 6.07) is 19.5. The molecule has 8 aliphatic heterocycles. The van der Waals surface area contributed by atoms with Crippen LogP contribution in [0.25, 0.3) is 0 Å². The average molecular weight is 1430 g/mol. The van der Waals surface area contributed by atoms with Gasteiger partial charge in [0, 0.05) is 16.5 Å². The molecular formula is C87H134O12P2. The summed E-state index contributed by atoms with van der Waals surface area (Å²) in [4.78, 5) is 0. The highest BCUT2D eigenvalue weighted by Crippen LogP contribution is 2.94. The lowest BCUT2D eigenvalue weighted by Crippen LogP contribution is -2.96.